The molecule has 72 heavy (non-hydrogen) atoms. The molecule has 1 amide bonds. The third-order valence-corrected chi connectivity index (χ3v) is 14.3. The Morgan fingerprint density at radius 2 is 1.00 bits per heavy atom. The number of esters is 1. The Balaban J connectivity index is 2.67. The molecule has 1 saturated heterocycles. The van der Waals surface area contributed by atoms with Gasteiger partial charge >= 0.3 is 5.97 Å². The molecule has 422 valence electrons. The first-order valence-electron chi connectivity index (χ1n) is 30.3. The van der Waals surface area contributed by atoms with Gasteiger partial charge in [0.2, 0.25) is 5.91 Å². The van der Waals surface area contributed by atoms with E-state index < -0.39 is 67.4 Å². The van der Waals surface area contributed by atoms with E-state index in [1.165, 1.54) is 148 Å². The molecule has 0 bridgehead atoms. The predicted octanol–water partition coefficient (Wildman–Crippen LogP) is 13.9. The number of carbonyl (C=O) groups excluding carboxylic acids is 2. The van der Waals surface area contributed by atoms with Crippen LogP contribution in [0.15, 0.2) is 36.5 Å². The van der Waals surface area contributed by atoms with Crippen molar-refractivity contribution in [2.45, 2.75) is 327 Å². The van der Waals surface area contributed by atoms with Gasteiger partial charge in [0.05, 0.1) is 25.4 Å². The van der Waals surface area contributed by atoms with Crippen molar-refractivity contribution in [2.24, 2.45) is 0 Å². The number of aliphatic hydroxyl groups excluding tert-OH is 5. The van der Waals surface area contributed by atoms with Crippen LogP contribution in [0.3, 0.4) is 0 Å². The second kappa shape index (κ2) is 49.7. The Kier molecular flexibility index (Phi) is 46.9. The molecule has 0 aliphatic carbocycles. The molecule has 1 heterocycles. The number of carbonyl (C=O) groups is 2. The Labute approximate surface area is 441 Å². The summed E-state index contributed by atoms with van der Waals surface area (Å²) in [5.74, 6) is -1.19. The minimum absolute atomic E-state index is 0.116. The van der Waals surface area contributed by atoms with Crippen LogP contribution in [0.2, 0.25) is 0 Å². The SMILES string of the molecule is CC/C=C/C/C=C/CCCCCCCCCC(=O)OC1C(OCC(NC(=O)C(O)CCCCCCCCCCCCCCCCCCCC)C(O)/C=C/CCCCCCCCCCC)OC(CO)C(O)C1O. The standard InChI is InChI=1S/C61H113NO10/c1-4-7-10-13-16-19-22-24-26-27-28-29-30-33-36-39-42-45-48-54(65)60(69)62-52(53(64)47-44-41-38-35-32-21-18-15-12-9-6-3)51-70-61-59(58(68)57(67)55(50-63)71-61)72-56(66)49-46-43-40-37-34-31-25-23-20-17-14-11-8-5-2/h8,11,17,20,44,47,52-55,57-59,61,63-65,67-68H,4-7,9-10,12-16,18-19,21-43,45-46,48-51H2,1-3H3,(H,62,69)/b11-8+,20-17+,47-44+. The van der Waals surface area contributed by atoms with E-state index >= 15 is 0 Å². The zero-order chi connectivity index (χ0) is 52.5. The van der Waals surface area contributed by atoms with E-state index in [9.17, 15) is 35.1 Å². The molecule has 1 aliphatic heterocycles. The molecule has 1 aliphatic rings. The van der Waals surface area contributed by atoms with E-state index in [1.807, 2.05) is 6.08 Å². The Bertz CT molecular complexity index is 1310. The zero-order valence-corrected chi connectivity index (χ0v) is 46.6. The van der Waals surface area contributed by atoms with Gasteiger partial charge in [0.15, 0.2) is 12.4 Å². The minimum Gasteiger partial charge on any atom is -0.454 e. The number of allylic oxidation sites excluding steroid dienone is 5. The van der Waals surface area contributed by atoms with Crippen molar-refractivity contribution in [2.75, 3.05) is 13.2 Å². The zero-order valence-electron chi connectivity index (χ0n) is 46.6. The molecule has 11 nitrogen and oxygen atoms in total. The van der Waals surface area contributed by atoms with Gasteiger partial charge in [-0.3, -0.25) is 9.59 Å². The highest BCUT2D eigenvalue weighted by atomic mass is 16.7. The van der Waals surface area contributed by atoms with Crippen molar-refractivity contribution < 1.29 is 49.3 Å². The molecule has 0 aromatic heterocycles. The maximum Gasteiger partial charge on any atom is 0.306 e. The lowest BCUT2D eigenvalue weighted by Crippen LogP contribution is -2.61. The smallest absolute Gasteiger partial charge is 0.306 e. The van der Waals surface area contributed by atoms with Crippen LogP contribution < -0.4 is 5.32 Å². The summed E-state index contributed by atoms with van der Waals surface area (Å²) in [5, 5.41) is 56.9. The molecule has 8 unspecified atom stereocenters. The maximum absolute atomic E-state index is 13.4. The summed E-state index contributed by atoms with van der Waals surface area (Å²) >= 11 is 0. The summed E-state index contributed by atoms with van der Waals surface area (Å²) in [6.45, 7) is 5.69. The molecular formula is C61H113NO10. The maximum atomic E-state index is 13.4. The molecule has 0 radical (unpaired) electrons. The molecule has 0 saturated carbocycles. The summed E-state index contributed by atoms with van der Waals surface area (Å²) < 4.78 is 17.6. The number of hydrogen-bond donors (Lipinski definition) is 6. The summed E-state index contributed by atoms with van der Waals surface area (Å²) in [7, 11) is 0. The molecule has 6 N–H and O–H groups in total. The summed E-state index contributed by atoms with van der Waals surface area (Å²) in [6.07, 6.45) is 47.6. The number of amides is 1. The number of aliphatic hydroxyl groups is 5. The number of hydrogen-bond acceptors (Lipinski definition) is 10. The number of rotatable bonds is 51. The van der Waals surface area contributed by atoms with E-state index in [0.29, 0.717) is 19.3 Å². The molecule has 0 aromatic carbocycles. The third-order valence-electron chi connectivity index (χ3n) is 14.3. The van der Waals surface area contributed by atoms with Crippen LogP contribution >= 0.6 is 0 Å². The first kappa shape index (κ1) is 67.9. The second-order valence-corrected chi connectivity index (χ2v) is 21.1. The highest BCUT2D eigenvalue weighted by molar-refractivity contribution is 5.80. The normalized spacial score (nSPS) is 19.7. The monoisotopic (exact) mass is 1020 g/mol. The van der Waals surface area contributed by atoms with Crippen LogP contribution in [0.5, 0.6) is 0 Å². The van der Waals surface area contributed by atoms with Crippen molar-refractivity contribution in [1.29, 1.82) is 0 Å². The summed E-state index contributed by atoms with van der Waals surface area (Å²) in [4.78, 5) is 26.5. The Hall–Kier alpha value is -2.12. The Morgan fingerprint density at radius 3 is 1.49 bits per heavy atom. The number of unbranched alkanes of at least 4 members (excludes halogenated alkanes) is 33. The van der Waals surface area contributed by atoms with Gasteiger partial charge in [-0.1, -0.05) is 256 Å². The van der Waals surface area contributed by atoms with E-state index in [4.69, 9.17) is 14.2 Å². The van der Waals surface area contributed by atoms with Crippen LogP contribution in [0.1, 0.15) is 278 Å². The van der Waals surface area contributed by atoms with Crippen molar-refractivity contribution in [3.05, 3.63) is 36.5 Å². The summed E-state index contributed by atoms with van der Waals surface area (Å²) in [5.41, 5.74) is 0. The minimum atomic E-state index is -1.61. The topological polar surface area (TPSA) is 175 Å². The van der Waals surface area contributed by atoms with Gasteiger partial charge in [-0.05, 0) is 51.4 Å². The van der Waals surface area contributed by atoms with Crippen molar-refractivity contribution >= 4 is 11.9 Å². The van der Waals surface area contributed by atoms with E-state index in [0.717, 1.165) is 83.5 Å². The molecule has 8 atom stereocenters. The van der Waals surface area contributed by atoms with Crippen LogP contribution in [-0.4, -0.2) is 99.6 Å². The fraction of sp³-hybridized carbons (Fsp3) is 0.869. The highest BCUT2D eigenvalue weighted by Gasteiger charge is 2.47. The van der Waals surface area contributed by atoms with Crippen molar-refractivity contribution in [1.82, 2.24) is 5.32 Å². The van der Waals surface area contributed by atoms with Gasteiger partial charge in [-0.15, -0.1) is 0 Å². The molecule has 11 heteroatoms. The first-order chi connectivity index (χ1) is 35.2. The van der Waals surface area contributed by atoms with Gasteiger partial charge < -0.3 is 45.1 Å². The average molecular weight is 1020 g/mol. The average Bonchev–Trinajstić information content (AvgIpc) is 3.38. The van der Waals surface area contributed by atoms with Crippen molar-refractivity contribution in [3.63, 3.8) is 0 Å². The lowest BCUT2D eigenvalue weighted by Gasteiger charge is -2.41. The molecule has 0 aromatic rings. The number of nitrogens with one attached hydrogen (secondary N) is 1. The van der Waals surface area contributed by atoms with Crippen LogP contribution in [0.25, 0.3) is 0 Å². The van der Waals surface area contributed by atoms with E-state index in [-0.39, 0.29) is 13.0 Å². The van der Waals surface area contributed by atoms with Crippen LogP contribution in [-0.2, 0) is 23.8 Å². The molecule has 1 fully saturated rings. The van der Waals surface area contributed by atoms with Gasteiger partial charge in [0, 0.05) is 6.42 Å². The van der Waals surface area contributed by atoms with Crippen LogP contribution in [0.4, 0.5) is 0 Å². The fourth-order valence-electron chi connectivity index (χ4n) is 9.51. The highest BCUT2D eigenvalue weighted by Crippen LogP contribution is 2.26. The first-order valence-corrected chi connectivity index (χ1v) is 30.3. The van der Waals surface area contributed by atoms with E-state index in [1.54, 1.807) is 6.08 Å². The molecule has 0 spiro atoms. The van der Waals surface area contributed by atoms with Crippen molar-refractivity contribution in [3.8, 4) is 0 Å². The van der Waals surface area contributed by atoms with Gasteiger partial charge in [0.1, 0.15) is 24.4 Å². The second-order valence-electron chi connectivity index (χ2n) is 21.1. The van der Waals surface area contributed by atoms with Crippen LogP contribution in [0, 0.1) is 0 Å². The Morgan fingerprint density at radius 1 is 0.556 bits per heavy atom. The third kappa shape index (κ3) is 37.6. The molecule has 1 rings (SSSR count). The number of ether oxygens (including phenoxy) is 3. The van der Waals surface area contributed by atoms with Gasteiger partial charge in [-0.2, -0.15) is 0 Å². The fourth-order valence-corrected chi connectivity index (χ4v) is 9.51. The van der Waals surface area contributed by atoms with Gasteiger partial charge in [0.25, 0.3) is 0 Å². The quantitative estimate of drug-likeness (QED) is 0.0195. The summed E-state index contributed by atoms with van der Waals surface area (Å²) in [6, 6.07) is -1.02. The molecular weight excluding hydrogens is 907 g/mol. The lowest BCUT2D eigenvalue weighted by molar-refractivity contribution is -0.305. The predicted molar refractivity (Wildman–Crippen MR) is 297 cm³/mol. The largest absolute Gasteiger partial charge is 0.454 e. The van der Waals surface area contributed by atoms with E-state index in [2.05, 4.69) is 50.4 Å². The van der Waals surface area contributed by atoms with Gasteiger partial charge in [-0.25, -0.2) is 0 Å². The lowest BCUT2D eigenvalue weighted by atomic mass is 9.99.